The highest BCUT2D eigenvalue weighted by molar-refractivity contribution is 9.10. The van der Waals surface area contributed by atoms with Crippen LogP contribution in [0.5, 0.6) is 11.6 Å². The number of aromatic nitrogens is 1. The molecular formula is C23H21BrN2O3. The third kappa shape index (κ3) is 4.66. The molecule has 2 heterocycles. The number of benzene rings is 2. The Balaban J connectivity index is 1.56. The molecule has 2 aromatic carbocycles. The quantitative estimate of drug-likeness (QED) is 0.543. The van der Waals surface area contributed by atoms with Gasteiger partial charge in [-0.25, -0.2) is 4.98 Å². The Kier molecular flexibility index (Phi) is 5.92. The van der Waals surface area contributed by atoms with Crippen molar-refractivity contribution in [3.05, 3.63) is 88.5 Å². The summed E-state index contributed by atoms with van der Waals surface area (Å²) in [7, 11) is 0. The number of ether oxygens (including phenoxy) is 2. The van der Waals surface area contributed by atoms with Gasteiger partial charge >= 0.3 is 0 Å². The standard InChI is InChI=1S/C23H21BrN2O3/c1-16-14-26(15-21(28-16)17-6-3-2-4-7-17)23(27)20-8-5-13-25-22(20)29-19-11-9-18(24)10-12-19/h2-13,16,21H,14-15H2,1H3. The van der Waals surface area contributed by atoms with Gasteiger partial charge in [-0.15, -0.1) is 0 Å². The van der Waals surface area contributed by atoms with Gasteiger partial charge in [-0.05, 0) is 48.9 Å². The smallest absolute Gasteiger partial charge is 0.259 e. The Morgan fingerprint density at radius 3 is 2.59 bits per heavy atom. The Bertz CT molecular complexity index is 979. The molecule has 29 heavy (non-hydrogen) atoms. The van der Waals surface area contributed by atoms with Crippen LogP contribution in [0.15, 0.2) is 77.4 Å². The number of pyridine rings is 1. The molecule has 0 bridgehead atoms. The van der Waals surface area contributed by atoms with Crippen molar-refractivity contribution < 1.29 is 14.3 Å². The molecule has 1 fully saturated rings. The van der Waals surface area contributed by atoms with Gasteiger partial charge in [0, 0.05) is 17.2 Å². The molecule has 2 unspecified atom stereocenters. The predicted molar refractivity (Wildman–Crippen MR) is 114 cm³/mol. The fourth-order valence-corrected chi connectivity index (χ4v) is 3.65. The van der Waals surface area contributed by atoms with Crippen LogP contribution < -0.4 is 4.74 Å². The minimum absolute atomic E-state index is 0.0644. The van der Waals surface area contributed by atoms with Gasteiger partial charge in [0.1, 0.15) is 17.4 Å². The fourth-order valence-electron chi connectivity index (χ4n) is 3.39. The molecule has 2 atom stereocenters. The van der Waals surface area contributed by atoms with Crippen LogP contribution in [-0.2, 0) is 4.74 Å². The Morgan fingerprint density at radius 2 is 1.83 bits per heavy atom. The topological polar surface area (TPSA) is 51.7 Å². The zero-order valence-electron chi connectivity index (χ0n) is 16.0. The molecule has 0 aliphatic carbocycles. The number of rotatable bonds is 4. The molecule has 0 saturated carbocycles. The van der Waals surface area contributed by atoms with E-state index in [1.165, 1.54) is 0 Å². The summed E-state index contributed by atoms with van der Waals surface area (Å²) in [4.78, 5) is 19.4. The lowest BCUT2D eigenvalue weighted by Crippen LogP contribution is -2.46. The van der Waals surface area contributed by atoms with E-state index in [2.05, 4.69) is 20.9 Å². The van der Waals surface area contributed by atoms with Crippen LogP contribution in [0.4, 0.5) is 0 Å². The van der Waals surface area contributed by atoms with Crippen LogP contribution in [0.2, 0.25) is 0 Å². The summed E-state index contributed by atoms with van der Waals surface area (Å²) >= 11 is 3.41. The first-order chi connectivity index (χ1) is 14.1. The van der Waals surface area contributed by atoms with E-state index in [4.69, 9.17) is 9.47 Å². The van der Waals surface area contributed by atoms with Crippen molar-refractivity contribution in [3.8, 4) is 11.6 Å². The van der Waals surface area contributed by atoms with E-state index in [1.807, 2.05) is 66.4 Å². The molecule has 1 amide bonds. The van der Waals surface area contributed by atoms with E-state index in [0.29, 0.717) is 30.3 Å². The van der Waals surface area contributed by atoms with Gasteiger partial charge in [0.2, 0.25) is 5.88 Å². The highest BCUT2D eigenvalue weighted by atomic mass is 79.9. The van der Waals surface area contributed by atoms with Crippen molar-refractivity contribution in [2.24, 2.45) is 0 Å². The maximum absolute atomic E-state index is 13.3. The van der Waals surface area contributed by atoms with Gasteiger partial charge in [-0.1, -0.05) is 46.3 Å². The van der Waals surface area contributed by atoms with E-state index in [0.717, 1.165) is 10.0 Å². The van der Waals surface area contributed by atoms with Crippen molar-refractivity contribution in [2.75, 3.05) is 13.1 Å². The van der Waals surface area contributed by atoms with E-state index >= 15 is 0 Å². The van der Waals surface area contributed by atoms with Gasteiger partial charge < -0.3 is 14.4 Å². The predicted octanol–water partition coefficient (Wildman–Crippen LogP) is 5.24. The molecule has 0 spiro atoms. The van der Waals surface area contributed by atoms with Crippen molar-refractivity contribution >= 4 is 21.8 Å². The van der Waals surface area contributed by atoms with Crippen LogP contribution >= 0.6 is 15.9 Å². The fraction of sp³-hybridized carbons (Fsp3) is 0.217. The molecule has 0 radical (unpaired) electrons. The maximum atomic E-state index is 13.3. The van der Waals surface area contributed by atoms with Crippen LogP contribution in [0.3, 0.4) is 0 Å². The molecule has 3 aromatic rings. The second-order valence-electron chi connectivity index (χ2n) is 6.97. The number of carbonyl (C=O) groups excluding carboxylic acids is 1. The van der Waals surface area contributed by atoms with Gasteiger partial charge in [-0.3, -0.25) is 4.79 Å². The molecule has 5 nitrogen and oxygen atoms in total. The molecule has 1 saturated heterocycles. The first kappa shape index (κ1) is 19.6. The van der Waals surface area contributed by atoms with Crippen LogP contribution in [0.25, 0.3) is 0 Å². The highest BCUT2D eigenvalue weighted by Crippen LogP contribution is 2.29. The lowest BCUT2D eigenvalue weighted by molar-refractivity contribution is -0.0692. The Hall–Kier alpha value is -2.70. The summed E-state index contributed by atoms with van der Waals surface area (Å²) in [6, 6.07) is 20.9. The summed E-state index contributed by atoms with van der Waals surface area (Å²) in [5.41, 5.74) is 1.51. The molecule has 1 aliphatic heterocycles. The first-order valence-electron chi connectivity index (χ1n) is 9.48. The third-order valence-electron chi connectivity index (χ3n) is 4.75. The summed E-state index contributed by atoms with van der Waals surface area (Å²) < 4.78 is 12.9. The normalized spacial score (nSPS) is 19.0. The monoisotopic (exact) mass is 452 g/mol. The van der Waals surface area contributed by atoms with E-state index in [1.54, 1.807) is 18.3 Å². The summed E-state index contributed by atoms with van der Waals surface area (Å²) in [5, 5.41) is 0. The minimum atomic E-state index is -0.156. The number of nitrogens with zero attached hydrogens (tertiary/aromatic N) is 2. The lowest BCUT2D eigenvalue weighted by Gasteiger charge is -2.37. The average Bonchev–Trinajstić information content (AvgIpc) is 2.75. The molecule has 1 aliphatic rings. The largest absolute Gasteiger partial charge is 0.438 e. The molecule has 0 N–H and O–H groups in total. The number of halogens is 1. The first-order valence-corrected chi connectivity index (χ1v) is 10.3. The molecule has 6 heteroatoms. The van der Waals surface area contributed by atoms with Crippen molar-refractivity contribution in [3.63, 3.8) is 0 Å². The van der Waals surface area contributed by atoms with E-state index in [-0.39, 0.29) is 18.1 Å². The van der Waals surface area contributed by atoms with Crippen molar-refractivity contribution in [1.82, 2.24) is 9.88 Å². The van der Waals surface area contributed by atoms with Gasteiger partial charge in [0.15, 0.2) is 0 Å². The summed E-state index contributed by atoms with van der Waals surface area (Å²) in [6.07, 6.45) is 1.40. The molecule has 4 rings (SSSR count). The lowest BCUT2D eigenvalue weighted by atomic mass is 10.1. The zero-order chi connectivity index (χ0) is 20.2. The third-order valence-corrected chi connectivity index (χ3v) is 5.28. The maximum Gasteiger partial charge on any atom is 0.259 e. The number of carbonyl (C=O) groups is 1. The second kappa shape index (κ2) is 8.76. The second-order valence-corrected chi connectivity index (χ2v) is 7.88. The van der Waals surface area contributed by atoms with E-state index in [9.17, 15) is 4.79 Å². The van der Waals surface area contributed by atoms with Crippen LogP contribution in [-0.4, -0.2) is 35.0 Å². The van der Waals surface area contributed by atoms with Gasteiger partial charge in [0.05, 0.1) is 12.6 Å². The summed E-state index contributed by atoms with van der Waals surface area (Å²) in [5.74, 6) is 0.815. The SMILES string of the molecule is CC1CN(C(=O)c2cccnc2Oc2ccc(Br)cc2)CC(c2ccccc2)O1. The number of hydrogen-bond donors (Lipinski definition) is 0. The molecule has 148 valence electrons. The number of hydrogen-bond acceptors (Lipinski definition) is 4. The van der Waals surface area contributed by atoms with Crippen molar-refractivity contribution in [1.29, 1.82) is 0 Å². The van der Waals surface area contributed by atoms with Gasteiger partial charge in [0.25, 0.3) is 5.91 Å². The molecular weight excluding hydrogens is 432 g/mol. The Morgan fingerprint density at radius 1 is 1.07 bits per heavy atom. The Labute approximate surface area is 178 Å². The number of morpholine rings is 1. The molecule has 1 aromatic heterocycles. The number of amides is 1. The van der Waals surface area contributed by atoms with E-state index < -0.39 is 0 Å². The highest BCUT2D eigenvalue weighted by Gasteiger charge is 2.31. The van der Waals surface area contributed by atoms with Crippen LogP contribution in [0.1, 0.15) is 28.9 Å². The van der Waals surface area contributed by atoms with Gasteiger partial charge in [-0.2, -0.15) is 0 Å². The van der Waals surface area contributed by atoms with Crippen molar-refractivity contribution in [2.45, 2.75) is 19.1 Å². The van der Waals surface area contributed by atoms with Crippen LogP contribution in [0, 0.1) is 0 Å². The zero-order valence-corrected chi connectivity index (χ0v) is 17.6. The summed E-state index contributed by atoms with van der Waals surface area (Å²) in [6.45, 7) is 2.99. The average molecular weight is 453 g/mol. The minimum Gasteiger partial charge on any atom is -0.438 e.